The maximum absolute atomic E-state index is 15.1. The third-order valence-corrected chi connectivity index (χ3v) is 6.79. The zero-order chi connectivity index (χ0) is 25.8. The third kappa shape index (κ3) is 6.56. The number of para-hydroxylation sites is 1. The lowest BCUT2D eigenvalue weighted by Crippen LogP contribution is -2.22. The molecule has 1 aliphatic carbocycles. The smallest absolute Gasteiger partial charge is 0.428 e. The van der Waals surface area contributed by atoms with Crippen molar-refractivity contribution < 1.29 is 31.4 Å². The molecule has 1 fully saturated rings. The third-order valence-electron chi connectivity index (χ3n) is 6.79. The van der Waals surface area contributed by atoms with E-state index in [1.807, 2.05) is 0 Å². The van der Waals surface area contributed by atoms with Crippen molar-refractivity contribution in [1.82, 2.24) is 0 Å². The zero-order valence-corrected chi connectivity index (χ0v) is 20.0. The Morgan fingerprint density at radius 2 is 1.39 bits per heavy atom. The minimum atomic E-state index is -4.81. The van der Waals surface area contributed by atoms with Gasteiger partial charge in [-0.3, -0.25) is 0 Å². The summed E-state index contributed by atoms with van der Waals surface area (Å²) in [7, 11) is 0. The zero-order valence-electron chi connectivity index (χ0n) is 20.0. The second kappa shape index (κ2) is 10.9. The van der Waals surface area contributed by atoms with Crippen molar-refractivity contribution in [3.05, 3.63) is 83.9 Å². The molecule has 7 heteroatoms. The summed E-state index contributed by atoms with van der Waals surface area (Å²) in [5, 5.41) is 0. The van der Waals surface area contributed by atoms with E-state index in [4.69, 9.17) is 4.74 Å². The van der Waals surface area contributed by atoms with Crippen molar-refractivity contribution >= 4 is 0 Å². The molecule has 0 heterocycles. The van der Waals surface area contributed by atoms with Crippen LogP contribution in [0.25, 0.3) is 11.1 Å². The van der Waals surface area contributed by atoms with Crippen LogP contribution in [0.5, 0.6) is 11.5 Å². The maximum atomic E-state index is 15.1. The van der Waals surface area contributed by atoms with Gasteiger partial charge in [-0.1, -0.05) is 62.2 Å². The van der Waals surface area contributed by atoms with Crippen LogP contribution in [0.1, 0.15) is 62.5 Å². The van der Waals surface area contributed by atoms with E-state index in [2.05, 4.69) is 11.7 Å². The summed E-state index contributed by atoms with van der Waals surface area (Å²) in [5.74, 6) is 0.697. The minimum absolute atomic E-state index is 0.0784. The molecule has 0 atom stereocenters. The Labute approximate surface area is 208 Å². The van der Waals surface area contributed by atoms with Gasteiger partial charge < -0.3 is 9.47 Å². The summed E-state index contributed by atoms with van der Waals surface area (Å²) in [6.07, 6.45) is -1.43. The first-order valence-electron chi connectivity index (χ1n) is 12.3. The number of hydrogen-bond donors (Lipinski definition) is 0. The van der Waals surface area contributed by atoms with Crippen LogP contribution >= 0.6 is 0 Å². The van der Waals surface area contributed by atoms with E-state index >= 15 is 8.78 Å². The quantitative estimate of drug-likeness (QED) is 0.285. The predicted octanol–water partition coefficient (Wildman–Crippen LogP) is 9.45. The molecule has 1 saturated carbocycles. The normalized spacial score (nSPS) is 18.6. The minimum Gasteiger partial charge on any atom is -0.428 e. The molecule has 0 unspecified atom stereocenters. The first-order chi connectivity index (χ1) is 17.1. The van der Waals surface area contributed by atoms with Gasteiger partial charge in [0, 0.05) is 5.56 Å². The highest BCUT2D eigenvalue weighted by molar-refractivity contribution is 5.71. The fourth-order valence-electron chi connectivity index (χ4n) is 4.97. The van der Waals surface area contributed by atoms with Crippen LogP contribution < -0.4 is 9.47 Å². The molecule has 36 heavy (non-hydrogen) atoms. The number of ether oxygens (including phenoxy) is 2. The summed E-state index contributed by atoms with van der Waals surface area (Å²) in [6.45, 7) is 2.20. The molecular weight excluding hydrogens is 475 g/mol. The molecule has 0 radical (unpaired) electrons. The molecule has 192 valence electrons. The molecule has 0 aliphatic heterocycles. The number of benzene rings is 3. The first kappa shape index (κ1) is 26.0. The topological polar surface area (TPSA) is 18.5 Å². The van der Waals surface area contributed by atoms with Crippen LogP contribution in [-0.2, 0) is 6.11 Å². The molecule has 0 amide bonds. The Morgan fingerprint density at radius 1 is 0.750 bits per heavy atom. The van der Waals surface area contributed by atoms with Gasteiger partial charge >= 0.3 is 12.5 Å². The van der Waals surface area contributed by atoms with Gasteiger partial charge in [0.15, 0.2) is 0 Å². The molecule has 0 bridgehead atoms. The fourth-order valence-corrected chi connectivity index (χ4v) is 4.97. The Hall–Kier alpha value is -3.09. The largest absolute Gasteiger partial charge is 0.573 e. The van der Waals surface area contributed by atoms with Crippen LogP contribution in [0.4, 0.5) is 22.0 Å². The highest BCUT2D eigenvalue weighted by Crippen LogP contribution is 2.40. The van der Waals surface area contributed by atoms with Crippen molar-refractivity contribution in [2.75, 3.05) is 0 Å². The van der Waals surface area contributed by atoms with Crippen molar-refractivity contribution in [1.29, 1.82) is 0 Å². The van der Waals surface area contributed by atoms with Crippen LogP contribution in [0, 0.1) is 5.92 Å². The van der Waals surface area contributed by atoms with E-state index in [0.29, 0.717) is 17.0 Å². The second-order valence-electron chi connectivity index (χ2n) is 9.32. The Kier molecular flexibility index (Phi) is 7.86. The monoisotopic (exact) mass is 504 g/mol. The summed E-state index contributed by atoms with van der Waals surface area (Å²) < 4.78 is 76.6. The number of alkyl halides is 5. The maximum Gasteiger partial charge on any atom is 0.573 e. The molecule has 4 rings (SSSR count). The van der Waals surface area contributed by atoms with E-state index in [1.165, 1.54) is 56.0 Å². The SMILES string of the molecule is CCCC1CCC(c2ccc(C(F)(F)Oc3ccccc3-c3ccc(OC(F)(F)F)cc3)cc2)CC1. The average Bonchev–Trinajstić information content (AvgIpc) is 2.85. The summed E-state index contributed by atoms with van der Waals surface area (Å²) >= 11 is 0. The van der Waals surface area contributed by atoms with Crippen molar-refractivity contribution in [2.45, 2.75) is 63.8 Å². The molecule has 0 saturated heterocycles. The lowest BCUT2D eigenvalue weighted by molar-refractivity contribution is -0.274. The Morgan fingerprint density at radius 3 is 2.00 bits per heavy atom. The summed E-state index contributed by atoms with van der Waals surface area (Å²) in [5.41, 5.74) is 1.57. The predicted molar refractivity (Wildman–Crippen MR) is 129 cm³/mol. The van der Waals surface area contributed by atoms with Gasteiger partial charge in [-0.25, -0.2) is 0 Å². The molecule has 0 N–H and O–H groups in total. The fraction of sp³-hybridized carbons (Fsp3) is 0.379. The average molecular weight is 505 g/mol. The van der Waals surface area contributed by atoms with Crippen LogP contribution in [0.15, 0.2) is 72.8 Å². The number of halogens is 5. The summed E-state index contributed by atoms with van der Waals surface area (Å²) in [6, 6.07) is 17.5. The van der Waals surface area contributed by atoms with Gasteiger partial charge in [0.05, 0.1) is 5.56 Å². The van der Waals surface area contributed by atoms with E-state index in [9.17, 15) is 13.2 Å². The molecule has 1 aliphatic rings. The van der Waals surface area contributed by atoms with Crippen molar-refractivity contribution in [3.63, 3.8) is 0 Å². The van der Waals surface area contributed by atoms with Gasteiger partial charge in [0.1, 0.15) is 11.5 Å². The van der Waals surface area contributed by atoms with E-state index in [0.717, 1.165) is 36.5 Å². The van der Waals surface area contributed by atoms with Gasteiger partial charge in [0.2, 0.25) is 0 Å². The van der Waals surface area contributed by atoms with Crippen LogP contribution in [0.2, 0.25) is 0 Å². The lowest BCUT2D eigenvalue weighted by atomic mass is 9.77. The first-order valence-corrected chi connectivity index (χ1v) is 12.3. The molecule has 0 aromatic heterocycles. The van der Waals surface area contributed by atoms with Crippen molar-refractivity contribution in [3.8, 4) is 22.6 Å². The Balaban J connectivity index is 1.47. The molecule has 3 aromatic carbocycles. The Bertz CT molecular complexity index is 1120. The molecule has 0 spiro atoms. The van der Waals surface area contributed by atoms with Gasteiger partial charge in [-0.05, 0) is 79.0 Å². The van der Waals surface area contributed by atoms with Crippen molar-refractivity contribution in [2.24, 2.45) is 5.92 Å². The number of rotatable bonds is 8. The second-order valence-corrected chi connectivity index (χ2v) is 9.32. The van der Waals surface area contributed by atoms with Gasteiger partial charge in [-0.15, -0.1) is 13.2 Å². The van der Waals surface area contributed by atoms with E-state index in [-0.39, 0.29) is 11.3 Å². The van der Waals surface area contributed by atoms with Crippen LogP contribution in [-0.4, -0.2) is 6.36 Å². The van der Waals surface area contributed by atoms with E-state index < -0.39 is 18.2 Å². The summed E-state index contributed by atoms with van der Waals surface area (Å²) in [4.78, 5) is 0. The van der Waals surface area contributed by atoms with E-state index in [1.54, 1.807) is 30.3 Å². The van der Waals surface area contributed by atoms with Crippen LogP contribution in [0.3, 0.4) is 0 Å². The lowest BCUT2D eigenvalue weighted by Gasteiger charge is -2.29. The molecule has 2 nitrogen and oxygen atoms in total. The number of hydrogen-bond acceptors (Lipinski definition) is 2. The van der Waals surface area contributed by atoms with Gasteiger partial charge in [-0.2, -0.15) is 8.78 Å². The van der Waals surface area contributed by atoms with Gasteiger partial charge in [0.25, 0.3) is 0 Å². The highest BCUT2D eigenvalue weighted by Gasteiger charge is 2.36. The standard InChI is InChI=1S/C29H29F5O2/c1-2-5-20-8-10-21(11-9-20)22-12-16-24(17-13-22)28(30,31)36-27-7-4-3-6-26(27)23-14-18-25(19-15-23)35-29(32,33)34/h3-4,6-7,12-21H,2,5,8-11H2,1H3. The molecular formula is C29H29F5O2. The highest BCUT2D eigenvalue weighted by atomic mass is 19.4. The molecule has 3 aromatic rings.